The van der Waals surface area contributed by atoms with E-state index < -0.39 is 24.0 Å². The molecule has 1 aliphatic heterocycles. The van der Waals surface area contributed by atoms with Gasteiger partial charge in [0, 0.05) is 24.8 Å². The molecule has 0 bridgehead atoms. The molecule has 0 aliphatic carbocycles. The minimum absolute atomic E-state index is 0.0590. The number of benzene rings is 1. The molecule has 3 rings (SSSR count). The smallest absolute Gasteiger partial charge is 0.409 e. The van der Waals surface area contributed by atoms with Gasteiger partial charge in [0.2, 0.25) is 0 Å². The minimum atomic E-state index is -1.14. The summed E-state index contributed by atoms with van der Waals surface area (Å²) in [6, 6.07) is 7.57. The Kier molecular flexibility index (Phi) is 4.94. The lowest BCUT2D eigenvalue weighted by Gasteiger charge is -2.35. The molecule has 2 atom stereocenters. The van der Waals surface area contributed by atoms with E-state index in [9.17, 15) is 24.3 Å². The van der Waals surface area contributed by atoms with E-state index in [2.05, 4.69) is 16.5 Å². The summed E-state index contributed by atoms with van der Waals surface area (Å²) in [7, 11) is 0. The fourth-order valence-electron chi connectivity index (χ4n) is 3.02. The lowest BCUT2D eigenvalue weighted by atomic mass is 9.96. The zero-order valence-corrected chi connectivity index (χ0v) is 14.2. The molecule has 27 heavy (non-hydrogen) atoms. The number of nitriles is 1. The number of nitrogens with zero attached hydrogens (tertiary/aromatic N) is 4. The number of carboxylic acid groups (broad SMARTS) is 1. The van der Waals surface area contributed by atoms with Crippen molar-refractivity contribution in [3.8, 4) is 6.07 Å². The summed E-state index contributed by atoms with van der Waals surface area (Å²) in [5, 5.41) is 25.8. The van der Waals surface area contributed by atoms with Gasteiger partial charge in [-0.2, -0.15) is 10.4 Å². The molecule has 0 spiro atoms. The van der Waals surface area contributed by atoms with Crippen LogP contribution in [-0.2, 0) is 0 Å². The van der Waals surface area contributed by atoms with Gasteiger partial charge in [0.05, 0.1) is 12.0 Å². The van der Waals surface area contributed by atoms with Crippen LogP contribution in [0.2, 0.25) is 0 Å². The number of halogens is 1. The van der Waals surface area contributed by atoms with E-state index in [0.717, 1.165) is 0 Å². The Hall–Kier alpha value is -3.61. The van der Waals surface area contributed by atoms with E-state index in [1.54, 1.807) is 0 Å². The second-order valence-electron chi connectivity index (χ2n) is 6.17. The number of carbonyl (C=O) groups excluding carboxylic acids is 1. The molecule has 2 aromatic rings. The number of aromatic nitrogens is 2. The molecule has 4 N–H and O–H groups in total. The van der Waals surface area contributed by atoms with Crippen molar-refractivity contribution in [2.75, 3.05) is 11.9 Å². The molecule has 1 saturated heterocycles. The number of amides is 2. The Bertz CT molecular complexity index is 904. The van der Waals surface area contributed by atoms with E-state index in [1.807, 2.05) is 0 Å². The van der Waals surface area contributed by atoms with E-state index in [4.69, 9.17) is 5.73 Å². The first kappa shape index (κ1) is 18.2. The van der Waals surface area contributed by atoms with Gasteiger partial charge < -0.3 is 16.2 Å². The molecule has 140 valence electrons. The number of nitrogens with one attached hydrogen (secondary N) is 1. The fourth-order valence-corrected chi connectivity index (χ4v) is 3.02. The number of rotatable bonds is 4. The Balaban J connectivity index is 1.95. The van der Waals surface area contributed by atoms with Gasteiger partial charge in [-0.3, -0.25) is 9.69 Å². The highest BCUT2D eigenvalue weighted by atomic mass is 19.1. The third-order valence-electron chi connectivity index (χ3n) is 4.41. The molecular formula is C17H17FN6O3. The molecule has 2 heterocycles. The highest BCUT2D eigenvalue weighted by Gasteiger charge is 2.34. The number of carbonyl (C=O) groups is 2. The predicted molar refractivity (Wildman–Crippen MR) is 92.5 cm³/mol. The summed E-state index contributed by atoms with van der Waals surface area (Å²) in [5.74, 6) is -1.36. The van der Waals surface area contributed by atoms with E-state index in [-0.39, 0.29) is 30.3 Å². The first-order valence-corrected chi connectivity index (χ1v) is 8.19. The molecule has 0 saturated carbocycles. The first-order valence-electron chi connectivity index (χ1n) is 8.19. The van der Waals surface area contributed by atoms with Gasteiger partial charge in [-0.05, 0) is 30.7 Å². The van der Waals surface area contributed by atoms with E-state index >= 15 is 0 Å². The standard InChI is InChI=1S/C17H17FN6O3/c18-11-1-3-12(4-2-11)21-16-13(15(20)25)9-24(22-16)14-7-10(8-19)5-6-23(14)17(26)27/h1-4,9-10,14H,5-7H2,(H2,20,25)(H,21,22)(H,26,27). The van der Waals surface area contributed by atoms with Crippen molar-refractivity contribution in [2.45, 2.75) is 19.0 Å². The molecule has 9 nitrogen and oxygen atoms in total. The lowest BCUT2D eigenvalue weighted by molar-refractivity contribution is 0.0628. The fraction of sp³-hybridized carbons (Fsp3) is 0.294. The highest BCUT2D eigenvalue weighted by Crippen LogP contribution is 2.31. The average Bonchev–Trinajstić information content (AvgIpc) is 3.07. The molecule has 0 radical (unpaired) electrons. The molecule has 1 aliphatic rings. The Labute approximate surface area is 153 Å². The van der Waals surface area contributed by atoms with Crippen LogP contribution < -0.4 is 11.1 Å². The lowest BCUT2D eigenvalue weighted by Crippen LogP contribution is -2.43. The third-order valence-corrected chi connectivity index (χ3v) is 4.41. The zero-order chi connectivity index (χ0) is 19.6. The van der Waals surface area contributed by atoms with Crippen molar-refractivity contribution < 1.29 is 19.1 Å². The zero-order valence-electron chi connectivity index (χ0n) is 14.2. The Morgan fingerprint density at radius 2 is 2.07 bits per heavy atom. The molecule has 1 aromatic carbocycles. The van der Waals surface area contributed by atoms with Crippen molar-refractivity contribution in [2.24, 2.45) is 11.7 Å². The van der Waals surface area contributed by atoms with Gasteiger partial charge in [0.15, 0.2) is 5.82 Å². The summed E-state index contributed by atoms with van der Waals surface area (Å²) >= 11 is 0. The Morgan fingerprint density at radius 1 is 1.37 bits per heavy atom. The quantitative estimate of drug-likeness (QED) is 0.753. The predicted octanol–water partition coefficient (Wildman–Crippen LogP) is 2.28. The van der Waals surface area contributed by atoms with E-state index in [0.29, 0.717) is 12.1 Å². The number of nitrogens with two attached hydrogens (primary N) is 1. The van der Waals surface area contributed by atoms with Crippen LogP contribution in [0, 0.1) is 23.1 Å². The maximum atomic E-state index is 13.1. The summed E-state index contributed by atoms with van der Waals surface area (Å²) < 4.78 is 14.4. The van der Waals surface area contributed by atoms with Crippen LogP contribution in [0.1, 0.15) is 29.4 Å². The number of likely N-dealkylation sites (tertiary alicyclic amines) is 1. The summed E-state index contributed by atoms with van der Waals surface area (Å²) in [4.78, 5) is 24.5. The van der Waals surface area contributed by atoms with Gasteiger partial charge in [-0.15, -0.1) is 0 Å². The van der Waals surface area contributed by atoms with Crippen LogP contribution in [0.3, 0.4) is 0 Å². The normalized spacial score (nSPS) is 19.3. The Morgan fingerprint density at radius 3 is 2.67 bits per heavy atom. The highest BCUT2D eigenvalue weighted by molar-refractivity contribution is 5.98. The number of hydrogen-bond acceptors (Lipinski definition) is 5. The van der Waals surface area contributed by atoms with Crippen LogP contribution in [0.25, 0.3) is 0 Å². The molecule has 2 amide bonds. The summed E-state index contributed by atoms with van der Waals surface area (Å²) in [6.07, 6.45) is 0.167. The van der Waals surface area contributed by atoms with Crippen molar-refractivity contribution in [1.82, 2.24) is 14.7 Å². The molecule has 10 heteroatoms. The van der Waals surface area contributed by atoms with Crippen LogP contribution in [0.5, 0.6) is 0 Å². The van der Waals surface area contributed by atoms with Gasteiger partial charge in [-0.1, -0.05) is 0 Å². The number of anilines is 2. The SMILES string of the molecule is N#CC1CCN(C(=O)O)C(n2cc(C(N)=O)c(Nc3ccc(F)cc3)n2)C1. The topological polar surface area (TPSA) is 137 Å². The number of hydrogen-bond donors (Lipinski definition) is 3. The van der Waals surface area contributed by atoms with Crippen LogP contribution in [0.15, 0.2) is 30.5 Å². The largest absolute Gasteiger partial charge is 0.465 e. The summed E-state index contributed by atoms with van der Waals surface area (Å²) in [5.41, 5.74) is 5.95. The average molecular weight is 372 g/mol. The monoisotopic (exact) mass is 372 g/mol. The van der Waals surface area contributed by atoms with Crippen molar-refractivity contribution in [3.05, 3.63) is 41.8 Å². The molecule has 1 fully saturated rings. The molecule has 2 unspecified atom stereocenters. The van der Waals surface area contributed by atoms with E-state index in [1.165, 1.54) is 40.0 Å². The van der Waals surface area contributed by atoms with Gasteiger partial charge in [-0.25, -0.2) is 13.9 Å². The van der Waals surface area contributed by atoms with Crippen LogP contribution in [-0.4, -0.2) is 38.3 Å². The molecular weight excluding hydrogens is 355 g/mol. The van der Waals surface area contributed by atoms with Crippen molar-refractivity contribution >= 4 is 23.5 Å². The van der Waals surface area contributed by atoms with Crippen molar-refractivity contribution in [3.63, 3.8) is 0 Å². The second kappa shape index (κ2) is 7.33. The van der Waals surface area contributed by atoms with Crippen LogP contribution in [0.4, 0.5) is 20.7 Å². The maximum absolute atomic E-state index is 13.1. The second-order valence-corrected chi connectivity index (χ2v) is 6.17. The third kappa shape index (κ3) is 3.82. The minimum Gasteiger partial charge on any atom is -0.465 e. The van der Waals surface area contributed by atoms with Gasteiger partial charge in [0.25, 0.3) is 5.91 Å². The number of primary amides is 1. The van der Waals surface area contributed by atoms with Crippen molar-refractivity contribution in [1.29, 1.82) is 5.26 Å². The van der Waals surface area contributed by atoms with Gasteiger partial charge in [0.1, 0.15) is 17.5 Å². The maximum Gasteiger partial charge on any atom is 0.409 e. The number of piperidine rings is 1. The van der Waals surface area contributed by atoms with Crippen LogP contribution >= 0.6 is 0 Å². The first-order chi connectivity index (χ1) is 12.9. The van der Waals surface area contributed by atoms with Gasteiger partial charge >= 0.3 is 6.09 Å². The summed E-state index contributed by atoms with van der Waals surface area (Å²) in [6.45, 7) is 0.185. The molecule has 1 aromatic heterocycles.